The molecule has 1 amide bonds. The number of anilines is 2. The summed E-state index contributed by atoms with van der Waals surface area (Å²) < 4.78 is 9.58. The van der Waals surface area contributed by atoms with Gasteiger partial charge in [-0.1, -0.05) is 18.2 Å². The molecule has 3 aliphatic heterocycles. The first kappa shape index (κ1) is 20.7. The maximum atomic E-state index is 12.0. The summed E-state index contributed by atoms with van der Waals surface area (Å²) in [5.74, 6) is 0.849. The monoisotopic (exact) mass is 441 g/mol. The van der Waals surface area contributed by atoms with E-state index < -0.39 is 0 Å². The van der Waals surface area contributed by atoms with Crippen molar-refractivity contribution in [2.75, 3.05) is 44.2 Å². The molecule has 0 unspecified atom stereocenters. The van der Waals surface area contributed by atoms with Gasteiger partial charge in [0.2, 0.25) is 5.13 Å². The van der Waals surface area contributed by atoms with Gasteiger partial charge in [-0.3, -0.25) is 0 Å². The van der Waals surface area contributed by atoms with Crippen LogP contribution in [-0.2, 0) is 10.2 Å². The minimum absolute atomic E-state index is 0.159. The average molecular weight is 442 g/mol. The Kier molecular flexibility index (Phi) is 5.60. The zero-order valence-electron chi connectivity index (χ0n) is 18.4. The number of nitrogens with zero attached hydrogens (tertiary/aromatic N) is 5. The van der Waals surface area contributed by atoms with Gasteiger partial charge in [-0.15, -0.1) is 0 Å². The van der Waals surface area contributed by atoms with Crippen molar-refractivity contribution in [2.45, 2.75) is 51.0 Å². The third-order valence-corrected chi connectivity index (χ3v) is 8.07. The van der Waals surface area contributed by atoms with Gasteiger partial charge < -0.3 is 19.4 Å². The highest BCUT2D eigenvalue weighted by Gasteiger charge is 2.46. The van der Waals surface area contributed by atoms with E-state index in [9.17, 15) is 4.79 Å². The first-order valence-corrected chi connectivity index (χ1v) is 12.2. The second kappa shape index (κ2) is 8.39. The molecule has 1 aromatic carbocycles. The molecule has 0 aliphatic carbocycles. The summed E-state index contributed by atoms with van der Waals surface area (Å²) >= 11 is 1.50. The van der Waals surface area contributed by atoms with Crippen LogP contribution in [-0.4, -0.2) is 70.6 Å². The van der Waals surface area contributed by atoms with Crippen molar-refractivity contribution in [1.82, 2.24) is 19.2 Å². The molecule has 0 N–H and O–H groups in total. The molecule has 31 heavy (non-hydrogen) atoms. The summed E-state index contributed by atoms with van der Waals surface area (Å²) in [5, 5.41) is 1.01. The van der Waals surface area contributed by atoms with Crippen molar-refractivity contribution < 1.29 is 9.53 Å². The van der Waals surface area contributed by atoms with Gasteiger partial charge in [-0.05, 0) is 64.3 Å². The quantitative estimate of drug-likeness (QED) is 0.719. The van der Waals surface area contributed by atoms with Gasteiger partial charge in [0.05, 0.1) is 6.61 Å². The van der Waals surface area contributed by atoms with Crippen LogP contribution < -0.4 is 4.90 Å². The molecule has 2 fully saturated rings. The Morgan fingerprint density at radius 1 is 1.19 bits per heavy atom. The fraction of sp³-hybridized carbons (Fsp3) is 0.609. The maximum absolute atomic E-state index is 12.0. The number of piperidine rings is 2. The van der Waals surface area contributed by atoms with Gasteiger partial charge in [-0.2, -0.15) is 4.37 Å². The number of fused-ring (bicyclic) bond motifs is 2. The molecule has 0 atom stereocenters. The largest absolute Gasteiger partial charge is 0.450 e. The number of likely N-dealkylation sites (tertiary alicyclic amines) is 2. The summed E-state index contributed by atoms with van der Waals surface area (Å²) in [6.45, 7) is 9.10. The fourth-order valence-corrected chi connectivity index (χ4v) is 6.26. The van der Waals surface area contributed by atoms with Crippen LogP contribution in [0.5, 0.6) is 0 Å². The lowest BCUT2D eigenvalue weighted by atomic mass is 9.74. The molecule has 8 heteroatoms. The van der Waals surface area contributed by atoms with Crippen LogP contribution in [0.15, 0.2) is 24.3 Å². The molecule has 0 radical (unpaired) electrons. The molecule has 0 bridgehead atoms. The number of amides is 1. The SMILES string of the molecule is CCOC(=O)N1CCC(N2CCC3(CC2)CN(c2nc(C)ns2)c2ccccc23)CC1. The number of ether oxygens (including phenoxy) is 1. The Morgan fingerprint density at radius 2 is 1.94 bits per heavy atom. The summed E-state index contributed by atoms with van der Waals surface area (Å²) in [7, 11) is 0. The third kappa shape index (κ3) is 3.80. The van der Waals surface area contributed by atoms with Crippen LogP contribution in [0.1, 0.15) is 44.0 Å². The predicted molar refractivity (Wildman–Crippen MR) is 122 cm³/mol. The van der Waals surface area contributed by atoms with Crippen molar-refractivity contribution in [3.63, 3.8) is 0 Å². The van der Waals surface area contributed by atoms with E-state index in [1.165, 1.54) is 22.8 Å². The summed E-state index contributed by atoms with van der Waals surface area (Å²) in [5.41, 5.74) is 2.97. The average Bonchev–Trinajstić information content (AvgIpc) is 3.37. The molecule has 2 aromatic rings. The molecule has 7 nitrogen and oxygen atoms in total. The summed E-state index contributed by atoms with van der Waals surface area (Å²) in [6, 6.07) is 9.43. The zero-order valence-corrected chi connectivity index (χ0v) is 19.2. The lowest BCUT2D eigenvalue weighted by molar-refractivity contribution is 0.0581. The molecule has 5 rings (SSSR count). The lowest BCUT2D eigenvalue weighted by Crippen LogP contribution is -2.52. The van der Waals surface area contributed by atoms with E-state index >= 15 is 0 Å². The highest BCUT2D eigenvalue weighted by atomic mass is 32.1. The van der Waals surface area contributed by atoms with Crippen LogP contribution in [0.25, 0.3) is 0 Å². The molecule has 166 valence electrons. The van der Waals surface area contributed by atoms with Crippen molar-refractivity contribution in [3.8, 4) is 0 Å². The normalized spacial score (nSPS) is 21.5. The number of aromatic nitrogens is 2. The number of rotatable bonds is 3. The molecule has 0 saturated carbocycles. The van der Waals surface area contributed by atoms with Gasteiger partial charge in [0.25, 0.3) is 0 Å². The van der Waals surface area contributed by atoms with E-state index in [4.69, 9.17) is 4.74 Å². The number of benzene rings is 1. The Labute approximate surface area is 188 Å². The van der Waals surface area contributed by atoms with Gasteiger partial charge in [-0.25, -0.2) is 9.78 Å². The number of para-hydroxylation sites is 1. The van der Waals surface area contributed by atoms with E-state index in [2.05, 4.69) is 43.4 Å². The Morgan fingerprint density at radius 3 is 2.61 bits per heavy atom. The van der Waals surface area contributed by atoms with Gasteiger partial charge in [0.15, 0.2) is 0 Å². The second-order valence-corrected chi connectivity index (χ2v) is 9.69. The predicted octanol–water partition coefficient (Wildman–Crippen LogP) is 3.95. The first-order chi connectivity index (χ1) is 15.1. The van der Waals surface area contributed by atoms with Crippen molar-refractivity contribution in [1.29, 1.82) is 0 Å². The Balaban J connectivity index is 1.25. The molecule has 3 aliphatic rings. The van der Waals surface area contributed by atoms with Gasteiger partial charge in [0, 0.05) is 48.3 Å². The number of hydrogen-bond acceptors (Lipinski definition) is 7. The highest BCUT2D eigenvalue weighted by molar-refractivity contribution is 7.09. The minimum Gasteiger partial charge on any atom is -0.450 e. The van der Waals surface area contributed by atoms with E-state index in [0.717, 1.165) is 69.4 Å². The first-order valence-electron chi connectivity index (χ1n) is 11.4. The lowest BCUT2D eigenvalue weighted by Gasteiger charge is -2.45. The minimum atomic E-state index is -0.159. The highest BCUT2D eigenvalue weighted by Crippen LogP contribution is 2.50. The maximum Gasteiger partial charge on any atom is 0.409 e. The van der Waals surface area contributed by atoms with Crippen molar-refractivity contribution in [2.24, 2.45) is 0 Å². The van der Waals surface area contributed by atoms with Crippen LogP contribution >= 0.6 is 11.5 Å². The van der Waals surface area contributed by atoms with Crippen LogP contribution in [0.3, 0.4) is 0 Å². The number of aryl methyl sites for hydroxylation is 1. The summed E-state index contributed by atoms with van der Waals surface area (Å²) in [6.07, 6.45) is 4.25. The zero-order chi connectivity index (χ0) is 21.4. The standard InChI is InChI=1S/C23H31N5O2S/c1-3-30-22(29)27-12-8-18(9-13-27)26-14-10-23(11-15-26)16-28(21-24-17(2)25-31-21)20-7-5-4-6-19(20)23/h4-7,18H,3,8-16H2,1-2H3. The number of hydrogen-bond donors (Lipinski definition) is 0. The van der Waals surface area contributed by atoms with Crippen molar-refractivity contribution in [3.05, 3.63) is 35.7 Å². The smallest absolute Gasteiger partial charge is 0.409 e. The van der Waals surface area contributed by atoms with Gasteiger partial charge in [0.1, 0.15) is 5.82 Å². The number of carbonyl (C=O) groups excluding carboxylic acids is 1. The third-order valence-electron chi connectivity index (χ3n) is 7.24. The Bertz CT molecular complexity index is 932. The Hall–Kier alpha value is -2.19. The fourth-order valence-electron chi connectivity index (χ4n) is 5.57. The molecule has 2 saturated heterocycles. The summed E-state index contributed by atoms with van der Waals surface area (Å²) in [4.78, 5) is 23.6. The molecule has 1 spiro atoms. The van der Waals surface area contributed by atoms with Crippen LogP contribution in [0, 0.1) is 6.92 Å². The molecular weight excluding hydrogens is 410 g/mol. The number of carbonyl (C=O) groups is 1. The van der Waals surface area contributed by atoms with Gasteiger partial charge >= 0.3 is 6.09 Å². The van der Waals surface area contributed by atoms with E-state index in [0.29, 0.717) is 12.6 Å². The molecule has 4 heterocycles. The van der Waals surface area contributed by atoms with E-state index in [1.807, 2.05) is 18.7 Å². The topological polar surface area (TPSA) is 61.8 Å². The second-order valence-electron chi connectivity index (χ2n) is 8.96. The van der Waals surface area contributed by atoms with E-state index in [-0.39, 0.29) is 11.5 Å². The van der Waals surface area contributed by atoms with Crippen molar-refractivity contribution >= 4 is 28.4 Å². The van der Waals surface area contributed by atoms with E-state index in [1.54, 1.807) is 0 Å². The van der Waals surface area contributed by atoms with Crippen LogP contribution in [0.4, 0.5) is 15.6 Å². The van der Waals surface area contributed by atoms with Crippen LogP contribution in [0.2, 0.25) is 0 Å². The molecule has 1 aromatic heterocycles. The molecular formula is C23H31N5O2S.